The molecule has 1 aliphatic heterocycles. The highest BCUT2D eigenvalue weighted by molar-refractivity contribution is 7.13. The molecule has 0 saturated carbocycles. The van der Waals surface area contributed by atoms with Crippen LogP contribution in [0.25, 0.3) is 10.6 Å². The first-order chi connectivity index (χ1) is 13.7. The maximum atomic E-state index is 13.0. The Morgan fingerprint density at radius 1 is 1.38 bits per heavy atom. The third kappa shape index (κ3) is 5.10. The van der Waals surface area contributed by atoms with Crippen molar-refractivity contribution in [1.29, 1.82) is 0 Å². The number of nitrogens with one attached hydrogen (secondary N) is 3. The second kappa shape index (κ2) is 8.46. The molecule has 2 atom stereocenters. The number of hydrogen-bond acceptors (Lipinski definition) is 6. The fourth-order valence-corrected chi connectivity index (χ4v) is 4.02. The zero-order valence-electron chi connectivity index (χ0n) is 15.8. The molecule has 0 bridgehead atoms. The first-order valence-corrected chi connectivity index (χ1v) is 9.91. The predicted molar refractivity (Wildman–Crippen MR) is 103 cm³/mol. The molecule has 2 unspecified atom stereocenters. The molecule has 2 aromatic rings. The van der Waals surface area contributed by atoms with Crippen molar-refractivity contribution >= 4 is 29.0 Å². The number of thiazole rings is 1. The number of amides is 2. The molecule has 1 saturated heterocycles. The van der Waals surface area contributed by atoms with E-state index in [9.17, 15) is 22.8 Å². The molecule has 3 rings (SSSR count). The molecule has 2 amide bonds. The minimum atomic E-state index is -4.56. The SMILES string of the molecule is CCNC(=O)Nc1cc(-c2nc(C(F)(F)F)cs2)c(C2CC(=O)CC(C)N2)cn1. The standard InChI is InChI=1S/C18H20F3N5O2S/c1-3-22-17(28)26-15-6-11(16-25-14(8-29-16)18(19,20)21)12(7-23-15)13-5-10(27)4-9(2)24-13/h6-9,13,24H,3-5H2,1-2H3,(H2,22,23,26,28). The lowest BCUT2D eigenvalue weighted by Gasteiger charge is -2.29. The number of rotatable bonds is 4. The van der Waals surface area contributed by atoms with Gasteiger partial charge in [-0.05, 0) is 25.5 Å². The number of alkyl halides is 3. The van der Waals surface area contributed by atoms with Crippen molar-refractivity contribution < 1.29 is 22.8 Å². The summed E-state index contributed by atoms with van der Waals surface area (Å²) in [6.45, 7) is 4.03. The van der Waals surface area contributed by atoms with Gasteiger partial charge >= 0.3 is 12.2 Å². The number of piperidine rings is 1. The molecule has 156 valence electrons. The smallest absolute Gasteiger partial charge is 0.338 e. The molecule has 0 radical (unpaired) electrons. The lowest BCUT2D eigenvalue weighted by molar-refractivity contribution is -0.140. The van der Waals surface area contributed by atoms with E-state index in [2.05, 4.69) is 25.9 Å². The Bertz CT molecular complexity index is 915. The Labute approximate surface area is 169 Å². The van der Waals surface area contributed by atoms with Crippen molar-refractivity contribution in [3.63, 3.8) is 0 Å². The number of anilines is 1. The van der Waals surface area contributed by atoms with E-state index in [1.165, 1.54) is 12.3 Å². The molecule has 1 aliphatic rings. The summed E-state index contributed by atoms with van der Waals surface area (Å²) in [5.74, 6) is 0.237. The van der Waals surface area contributed by atoms with E-state index < -0.39 is 23.9 Å². The van der Waals surface area contributed by atoms with Crippen LogP contribution in [0.5, 0.6) is 0 Å². The Morgan fingerprint density at radius 2 is 2.14 bits per heavy atom. The van der Waals surface area contributed by atoms with Crippen molar-refractivity contribution in [1.82, 2.24) is 20.6 Å². The van der Waals surface area contributed by atoms with Crippen molar-refractivity contribution in [2.24, 2.45) is 0 Å². The highest BCUT2D eigenvalue weighted by Crippen LogP contribution is 2.38. The summed E-state index contributed by atoms with van der Waals surface area (Å²) in [6.07, 6.45) is -2.49. The van der Waals surface area contributed by atoms with Crippen LogP contribution >= 0.6 is 11.3 Å². The molecule has 7 nitrogen and oxygen atoms in total. The van der Waals surface area contributed by atoms with E-state index in [1.54, 1.807) is 6.92 Å². The van der Waals surface area contributed by atoms with Crippen molar-refractivity contribution in [2.45, 2.75) is 44.9 Å². The fraction of sp³-hybridized carbons (Fsp3) is 0.444. The predicted octanol–water partition coefficient (Wildman–Crippen LogP) is 3.75. The monoisotopic (exact) mass is 427 g/mol. The first kappa shape index (κ1) is 21.2. The van der Waals surface area contributed by atoms with Crippen LogP contribution in [0.2, 0.25) is 0 Å². The lowest BCUT2D eigenvalue weighted by atomic mass is 9.91. The van der Waals surface area contributed by atoms with E-state index in [1.807, 2.05) is 6.92 Å². The molecule has 2 aromatic heterocycles. The fourth-order valence-electron chi connectivity index (χ4n) is 3.16. The Hall–Kier alpha value is -2.53. The normalized spacial score (nSPS) is 19.8. The van der Waals surface area contributed by atoms with Crippen LogP contribution in [-0.2, 0) is 11.0 Å². The van der Waals surface area contributed by atoms with E-state index in [-0.39, 0.29) is 29.1 Å². The third-order valence-electron chi connectivity index (χ3n) is 4.37. The van der Waals surface area contributed by atoms with Gasteiger partial charge in [-0.2, -0.15) is 13.2 Å². The van der Waals surface area contributed by atoms with Gasteiger partial charge in [-0.1, -0.05) is 0 Å². The summed E-state index contributed by atoms with van der Waals surface area (Å²) in [5, 5.41) is 9.47. The molecule has 0 aromatic carbocycles. The van der Waals surface area contributed by atoms with Crippen LogP contribution in [0.1, 0.15) is 44.0 Å². The number of hydrogen-bond donors (Lipinski definition) is 3. The average Bonchev–Trinajstić information content (AvgIpc) is 3.11. The molecular weight excluding hydrogens is 407 g/mol. The van der Waals surface area contributed by atoms with Crippen LogP contribution in [0, 0.1) is 0 Å². The number of ketones is 1. The van der Waals surface area contributed by atoms with Crippen molar-refractivity contribution in [2.75, 3.05) is 11.9 Å². The number of urea groups is 1. The quantitative estimate of drug-likeness (QED) is 0.691. The highest BCUT2D eigenvalue weighted by Gasteiger charge is 2.35. The Balaban J connectivity index is 2.02. The van der Waals surface area contributed by atoms with E-state index >= 15 is 0 Å². The molecule has 0 spiro atoms. The topological polar surface area (TPSA) is 96.0 Å². The minimum Gasteiger partial charge on any atom is -0.338 e. The lowest BCUT2D eigenvalue weighted by Crippen LogP contribution is -2.39. The zero-order valence-corrected chi connectivity index (χ0v) is 16.6. The molecule has 3 heterocycles. The summed E-state index contributed by atoms with van der Waals surface area (Å²) in [6, 6.07) is 0.540. The van der Waals surface area contributed by atoms with Gasteiger partial charge < -0.3 is 10.6 Å². The minimum absolute atomic E-state index is 0.0619. The number of Topliss-reactive ketones (excluding diaryl/α,β-unsaturated/α-hetero) is 1. The molecular formula is C18H20F3N5O2S. The van der Waals surface area contributed by atoms with Gasteiger partial charge in [0.05, 0.1) is 0 Å². The maximum Gasteiger partial charge on any atom is 0.434 e. The van der Waals surface area contributed by atoms with Crippen LogP contribution in [0.3, 0.4) is 0 Å². The second-order valence-corrected chi connectivity index (χ2v) is 7.60. The molecule has 3 N–H and O–H groups in total. The maximum absolute atomic E-state index is 13.0. The number of carbonyl (C=O) groups excluding carboxylic acids is 2. The van der Waals surface area contributed by atoms with Crippen molar-refractivity contribution in [3.05, 3.63) is 28.9 Å². The number of carbonyl (C=O) groups is 2. The number of nitrogens with zero attached hydrogens (tertiary/aromatic N) is 2. The van der Waals surface area contributed by atoms with E-state index in [0.717, 1.165) is 16.7 Å². The van der Waals surface area contributed by atoms with Crippen molar-refractivity contribution in [3.8, 4) is 10.6 Å². The van der Waals surface area contributed by atoms with E-state index in [0.29, 0.717) is 24.1 Å². The van der Waals surface area contributed by atoms with Gasteiger partial charge in [0, 0.05) is 48.6 Å². The number of halogens is 3. The summed E-state index contributed by atoms with van der Waals surface area (Å²) in [7, 11) is 0. The highest BCUT2D eigenvalue weighted by atomic mass is 32.1. The largest absolute Gasteiger partial charge is 0.434 e. The first-order valence-electron chi connectivity index (χ1n) is 9.03. The molecule has 1 fully saturated rings. The molecule has 11 heteroatoms. The van der Waals surface area contributed by atoms with Gasteiger partial charge in [-0.25, -0.2) is 14.8 Å². The second-order valence-electron chi connectivity index (χ2n) is 6.74. The molecule has 0 aliphatic carbocycles. The summed E-state index contributed by atoms with van der Waals surface area (Å²) in [4.78, 5) is 31.8. The number of aromatic nitrogens is 2. The average molecular weight is 427 g/mol. The summed E-state index contributed by atoms with van der Waals surface area (Å²) < 4.78 is 39.1. The van der Waals surface area contributed by atoms with Gasteiger partial charge in [-0.15, -0.1) is 11.3 Å². The van der Waals surface area contributed by atoms with Crippen LogP contribution in [0.15, 0.2) is 17.6 Å². The van der Waals surface area contributed by atoms with Crippen LogP contribution < -0.4 is 16.0 Å². The van der Waals surface area contributed by atoms with Gasteiger partial charge in [-0.3, -0.25) is 10.1 Å². The van der Waals surface area contributed by atoms with Crippen LogP contribution in [0.4, 0.5) is 23.8 Å². The Kier molecular flexibility index (Phi) is 6.18. The van der Waals surface area contributed by atoms with Gasteiger partial charge in [0.1, 0.15) is 16.6 Å². The van der Waals surface area contributed by atoms with Gasteiger partial charge in [0.2, 0.25) is 0 Å². The summed E-state index contributed by atoms with van der Waals surface area (Å²) >= 11 is 0.847. The third-order valence-corrected chi connectivity index (χ3v) is 5.24. The summed E-state index contributed by atoms with van der Waals surface area (Å²) in [5.41, 5.74) is -0.0272. The molecule has 29 heavy (non-hydrogen) atoms. The number of pyridine rings is 1. The van der Waals surface area contributed by atoms with Crippen LogP contribution in [-0.4, -0.2) is 34.4 Å². The van der Waals surface area contributed by atoms with E-state index in [4.69, 9.17) is 0 Å². The van der Waals surface area contributed by atoms with Gasteiger partial charge in [0.15, 0.2) is 5.69 Å². The van der Waals surface area contributed by atoms with Gasteiger partial charge in [0.25, 0.3) is 0 Å². The Morgan fingerprint density at radius 3 is 2.76 bits per heavy atom. The zero-order chi connectivity index (χ0) is 21.2.